The number of nitrogens with one attached hydrogen (secondary N) is 1. The predicted octanol–water partition coefficient (Wildman–Crippen LogP) is 13.7. The SMILES string of the molecule is N=C(N=C(N=Cc1c2ccccc2cc2c1ccc1ccccc12)c1ccc(-c2cccc3c2sc2ccccc23)cc1)c1ccc(-c2ccccc2)cc1. The summed E-state index contributed by atoms with van der Waals surface area (Å²) in [5.41, 5.74) is 7.15. The second kappa shape index (κ2) is 13.8. The van der Waals surface area contributed by atoms with E-state index in [1.807, 2.05) is 60.0 Å². The van der Waals surface area contributed by atoms with Gasteiger partial charge in [0.1, 0.15) is 0 Å². The maximum Gasteiger partial charge on any atom is 0.161 e. The second-order valence-corrected chi connectivity index (χ2v) is 14.8. The molecular weight excluding hydrogens is 687 g/mol. The van der Waals surface area contributed by atoms with E-state index in [2.05, 4.69) is 146 Å². The normalized spacial score (nSPS) is 12.1. The molecule has 4 heteroatoms. The Morgan fingerprint density at radius 1 is 0.455 bits per heavy atom. The summed E-state index contributed by atoms with van der Waals surface area (Å²) in [5, 5.41) is 18.7. The van der Waals surface area contributed by atoms with Gasteiger partial charge in [0.05, 0.1) is 0 Å². The lowest BCUT2D eigenvalue weighted by Crippen LogP contribution is -2.05. The van der Waals surface area contributed by atoms with E-state index in [-0.39, 0.29) is 5.84 Å². The molecule has 9 aromatic carbocycles. The topological polar surface area (TPSA) is 48.6 Å². The summed E-state index contributed by atoms with van der Waals surface area (Å²) in [6.07, 6.45) is 1.94. The minimum atomic E-state index is 0.152. The van der Waals surface area contributed by atoms with Crippen LogP contribution in [-0.2, 0) is 0 Å². The molecule has 10 aromatic rings. The quantitative estimate of drug-likeness (QED) is 0.0797. The molecule has 3 nitrogen and oxygen atoms in total. The molecule has 0 saturated carbocycles. The Kier molecular flexibility index (Phi) is 8.16. The third-order valence-corrected chi connectivity index (χ3v) is 11.7. The Labute approximate surface area is 322 Å². The van der Waals surface area contributed by atoms with Crippen LogP contribution in [0, 0.1) is 5.41 Å². The molecule has 0 aliphatic rings. The number of aliphatic imine (C=N–C) groups is 2. The average molecular weight is 720 g/mol. The summed E-state index contributed by atoms with van der Waals surface area (Å²) in [6, 6.07) is 65.6. The van der Waals surface area contributed by atoms with Gasteiger partial charge in [-0.2, -0.15) is 0 Å². The van der Waals surface area contributed by atoms with Crippen molar-refractivity contribution in [1.29, 1.82) is 5.41 Å². The first-order valence-electron chi connectivity index (χ1n) is 18.4. The molecule has 0 fully saturated rings. The van der Waals surface area contributed by atoms with Gasteiger partial charge in [0.25, 0.3) is 0 Å². The van der Waals surface area contributed by atoms with Crippen LogP contribution in [0.25, 0.3) is 74.7 Å². The van der Waals surface area contributed by atoms with Gasteiger partial charge in [-0.3, -0.25) is 5.41 Å². The lowest BCUT2D eigenvalue weighted by atomic mass is 9.94. The van der Waals surface area contributed by atoms with Gasteiger partial charge in [-0.05, 0) is 66.7 Å². The van der Waals surface area contributed by atoms with Crippen molar-refractivity contribution in [3.63, 3.8) is 0 Å². The van der Waals surface area contributed by atoms with Gasteiger partial charge in [-0.25, -0.2) is 9.98 Å². The average Bonchev–Trinajstić information content (AvgIpc) is 3.64. The van der Waals surface area contributed by atoms with E-state index in [0.29, 0.717) is 5.84 Å². The highest BCUT2D eigenvalue weighted by Crippen LogP contribution is 2.40. The molecule has 0 aliphatic carbocycles. The van der Waals surface area contributed by atoms with Gasteiger partial charge in [-0.1, -0.05) is 176 Å². The molecule has 10 rings (SSSR count). The molecule has 0 atom stereocenters. The highest BCUT2D eigenvalue weighted by molar-refractivity contribution is 7.26. The Morgan fingerprint density at radius 2 is 1.09 bits per heavy atom. The zero-order chi connectivity index (χ0) is 36.7. The number of benzene rings is 9. The number of nitrogens with zero attached hydrogens (tertiary/aromatic N) is 2. The van der Waals surface area contributed by atoms with Crippen LogP contribution in [0.4, 0.5) is 0 Å². The zero-order valence-electron chi connectivity index (χ0n) is 29.8. The van der Waals surface area contributed by atoms with E-state index >= 15 is 0 Å². The van der Waals surface area contributed by atoms with Gasteiger partial charge < -0.3 is 0 Å². The fourth-order valence-electron chi connectivity index (χ4n) is 7.68. The predicted molar refractivity (Wildman–Crippen MR) is 237 cm³/mol. The van der Waals surface area contributed by atoms with E-state index in [0.717, 1.165) is 49.5 Å². The van der Waals surface area contributed by atoms with Crippen LogP contribution in [0.3, 0.4) is 0 Å². The Hall–Kier alpha value is -7.01. The van der Waals surface area contributed by atoms with Crippen molar-refractivity contribution in [1.82, 2.24) is 0 Å². The first-order valence-corrected chi connectivity index (χ1v) is 19.2. The van der Waals surface area contributed by atoms with Crippen molar-refractivity contribution in [3.8, 4) is 22.3 Å². The number of amidine groups is 2. The van der Waals surface area contributed by atoms with E-state index in [9.17, 15) is 5.41 Å². The van der Waals surface area contributed by atoms with Gasteiger partial charge in [0.2, 0.25) is 0 Å². The molecule has 1 N–H and O–H groups in total. The molecule has 55 heavy (non-hydrogen) atoms. The molecule has 0 spiro atoms. The monoisotopic (exact) mass is 719 g/mol. The lowest BCUT2D eigenvalue weighted by molar-refractivity contribution is 1.40. The minimum Gasteiger partial charge on any atom is -0.282 e. The summed E-state index contributed by atoms with van der Waals surface area (Å²) in [6.45, 7) is 0. The molecule has 0 bridgehead atoms. The summed E-state index contributed by atoms with van der Waals surface area (Å²) >= 11 is 1.83. The summed E-state index contributed by atoms with van der Waals surface area (Å²) in [7, 11) is 0. The van der Waals surface area contributed by atoms with Crippen molar-refractivity contribution in [2.75, 3.05) is 0 Å². The summed E-state index contributed by atoms with van der Waals surface area (Å²) < 4.78 is 2.56. The first-order chi connectivity index (χ1) is 27.2. The number of hydrogen-bond donors (Lipinski definition) is 1. The van der Waals surface area contributed by atoms with Gasteiger partial charge in [0, 0.05) is 43.1 Å². The molecule has 0 amide bonds. The summed E-state index contributed by atoms with van der Waals surface area (Å²) in [5.74, 6) is 0.630. The second-order valence-electron chi connectivity index (χ2n) is 13.7. The fourth-order valence-corrected chi connectivity index (χ4v) is 8.92. The van der Waals surface area contributed by atoms with E-state index < -0.39 is 0 Å². The molecule has 1 aromatic heterocycles. The molecule has 0 radical (unpaired) electrons. The molecule has 1 heterocycles. The highest BCUT2D eigenvalue weighted by Gasteiger charge is 2.14. The maximum atomic E-state index is 9.18. The van der Waals surface area contributed by atoms with Crippen LogP contribution >= 0.6 is 11.3 Å². The van der Waals surface area contributed by atoms with E-state index in [1.165, 1.54) is 41.9 Å². The number of fused-ring (bicyclic) bond motifs is 7. The Balaban J connectivity index is 1.09. The lowest BCUT2D eigenvalue weighted by Gasteiger charge is -2.11. The van der Waals surface area contributed by atoms with Gasteiger partial charge in [0.15, 0.2) is 11.7 Å². The van der Waals surface area contributed by atoms with E-state index in [4.69, 9.17) is 9.98 Å². The van der Waals surface area contributed by atoms with Crippen LogP contribution in [-0.4, -0.2) is 17.9 Å². The summed E-state index contributed by atoms with van der Waals surface area (Å²) in [4.78, 5) is 10.1. The molecular formula is C51H33N3S. The fraction of sp³-hybridized carbons (Fsp3) is 0. The van der Waals surface area contributed by atoms with Gasteiger partial charge >= 0.3 is 0 Å². The van der Waals surface area contributed by atoms with Crippen molar-refractivity contribution >= 4 is 81.7 Å². The number of thiophene rings is 1. The van der Waals surface area contributed by atoms with Crippen molar-refractivity contribution in [2.45, 2.75) is 0 Å². The Bertz CT molecular complexity index is 3140. The zero-order valence-corrected chi connectivity index (χ0v) is 30.6. The van der Waals surface area contributed by atoms with E-state index in [1.54, 1.807) is 0 Å². The third kappa shape index (κ3) is 5.99. The Morgan fingerprint density at radius 3 is 1.91 bits per heavy atom. The molecule has 0 aliphatic heterocycles. The molecule has 0 unspecified atom stereocenters. The first kappa shape index (κ1) is 32.6. The molecule has 258 valence electrons. The maximum absolute atomic E-state index is 9.18. The highest BCUT2D eigenvalue weighted by atomic mass is 32.1. The van der Waals surface area contributed by atoms with Crippen LogP contribution < -0.4 is 0 Å². The molecule has 0 saturated heterocycles. The van der Waals surface area contributed by atoms with Crippen LogP contribution in [0.1, 0.15) is 16.7 Å². The van der Waals surface area contributed by atoms with Crippen molar-refractivity contribution in [3.05, 3.63) is 205 Å². The van der Waals surface area contributed by atoms with Crippen LogP contribution in [0.2, 0.25) is 0 Å². The minimum absolute atomic E-state index is 0.152. The van der Waals surface area contributed by atoms with Crippen molar-refractivity contribution < 1.29 is 0 Å². The third-order valence-electron chi connectivity index (χ3n) is 10.5. The number of rotatable bonds is 5. The largest absolute Gasteiger partial charge is 0.282 e. The van der Waals surface area contributed by atoms with Crippen LogP contribution in [0.15, 0.2) is 198 Å². The van der Waals surface area contributed by atoms with Crippen LogP contribution in [0.5, 0.6) is 0 Å². The smallest absolute Gasteiger partial charge is 0.161 e. The van der Waals surface area contributed by atoms with Crippen molar-refractivity contribution in [2.24, 2.45) is 9.98 Å². The standard InChI is InChI=1S/C51H33N3S/c52-50(37-25-21-34(22-26-37)33-11-2-1-3-12-33)54-51(38-27-23-36(24-28-38)42-18-10-19-45-44-17-8-9-20-48(44)55-49(42)45)53-32-47-41-16-7-5-14-39(41)31-46-40-15-6-4-13-35(40)29-30-43(46)47/h1-32,52H. The number of hydrogen-bond acceptors (Lipinski definition) is 2. The van der Waals surface area contributed by atoms with Gasteiger partial charge in [-0.15, -0.1) is 11.3 Å².